The molecule has 2 atom stereocenters. The van der Waals surface area contributed by atoms with E-state index in [1.807, 2.05) is 0 Å². The highest BCUT2D eigenvalue weighted by Gasteiger charge is 2.45. The van der Waals surface area contributed by atoms with E-state index >= 15 is 4.39 Å². The average molecular weight is 800 g/mol. The van der Waals surface area contributed by atoms with Crippen LogP contribution in [0.4, 0.5) is 14.9 Å². The van der Waals surface area contributed by atoms with Crippen molar-refractivity contribution in [3.05, 3.63) is 93.0 Å². The van der Waals surface area contributed by atoms with Crippen molar-refractivity contribution in [2.75, 3.05) is 25.0 Å². The Morgan fingerprint density at radius 3 is 2.38 bits per heavy atom. The molecule has 4 heterocycles. The molecule has 6 N–H and O–H groups in total. The fourth-order valence-corrected chi connectivity index (χ4v) is 6.60. The zero-order chi connectivity index (χ0) is 41.9. The fourth-order valence-electron chi connectivity index (χ4n) is 6.60. The lowest BCUT2D eigenvalue weighted by atomic mass is 9.86. The lowest BCUT2D eigenvalue weighted by Gasteiger charge is -2.31. The van der Waals surface area contributed by atoms with E-state index in [1.54, 1.807) is 70.2 Å². The molecule has 2 aliphatic heterocycles. The Morgan fingerprint density at radius 1 is 0.966 bits per heavy atom. The highest BCUT2D eigenvalue weighted by molar-refractivity contribution is 5.98. The Kier molecular flexibility index (Phi) is 11.6. The van der Waals surface area contributed by atoms with Crippen molar-refractivity contribution in [3.8, 4) is 11.4 Å². The van der Waals surface area contributed by atoms with Crippen LogP contribution >= 0.6 is 0 Å². The first-order chi connectivity index (χ1) is 27.4. The van der Waals surface area contributed by atoms with E-state index in [1.165, 1.54) is 10.6 Å². The maximum atomic E-state index is 15.4. The largest absolute Gasteiger partial charge is 0.458 e. The number of anilines is 1. The number of nitrogens with one attached hydrogen (secondary N) is 5. The number of nitrogens with zero attached hydrogens (tertiary/aromatic N) is 2. The summed E-state index contributed by atoms with van der Waals surface area (Å²) in [6, 6.07) is 13.3. The normalized spacial score (nSPS) is 15.9. The number of hydrogen-bond acceptors (Lipinski definition) is 11. The minimum atomic E-state index is -2.00. The number of esters is 1. The van der Waals surface area contributed by atoms with Crippen molar-refractivity contribution in [2.24, 2.45) is 0 Å². The van der Waals surface area contributed by atoms with Crippen molar-refractivity contribution >= 4 is 52.3 Å². The monoisotopic (exact) mass is 799 g/mol. The smallest absolute Gasteiger partial charge is 0.408 e. The quantitative estimate of drug-likeness (QED) is 0.0993. The van der Waals surface area contributed by atoms with Gasteiger partial charge in [-0.2, -0.15) is 0 Å². The number of aliphatic hydroxyl groups is 1. The van der Waals surface area contributed by atoms with Crippen LogP contribution in [0.1, 0.15) is 56.4 Å². The number of carbonyl (C=O) groups excluding carboxylic acids is 6. The molecule has 304 valence electrons. The second-order valence-corrected chi connectivity index (χ2v) is 14.8. The van der Waals surface area contributed by atoms with Crippen LogP contribution in [0.5, 0.6) is 0 Å². The Bertz CT molecular complexity index is 2400. The molecule has 2 aromatic carbocycles. The maximum Gasteiger partial charge on any atom is 0.408 e. The fraction of sp³-hybridized carbons (Fsp3) is 0.350. The van der Waals surface area contributed by atoms with Crippen LogP contribution in [0.15, 0.2) is 59.4 Å². The van der Waals surface area contributed by atoms with Crippen molar-refractivity contribution in [1.29, 1.82) is 0 Å². The molecule has 6 rings (SSSR count). The molecule has 0 spiro atoms. The summed E-state index contributed by atoms with van der Waals surface area (Å²) in [4.78, 5) is 93.6. The Hall–Kier alpha value is -6.69. The van der Waals surface area contributed by atoms with Gasteiger partial charge in [0, 0.05) is 29.0 Å². The number of benzene rings is 2. The summed E-state index contributed by atoms with van der Waals surface area (Å²) >= 11 is 0. The van der Waals surface area contributed by atoms with E-state index in [9.17, 15) is 38.7 Å². The van der Waals surface area contributed by atoms with Gasteiger partial charge in [-0.05, 0) is 51.0 Å². The van der Waals surface area contributed by atoms with Crippen LogP contribution in [-0.4, -0.2) is 81.6 Å². The molecule has 58 heavy (non-hydrogen) atoms. The number of aromatic nitrogens is 2. The predicted molar refractivity (Wildman–Crippen MR) is 205 cm³/mol. The molecule has 2 aromatic heterocycles. The number of halogens is 1. The number of amides is 5. The summed E-state index contributed by atoms with van der Waals surface area (Å²) < 4.78 is 27.0. The Labute approximate surface area is 330 Å². The van der Waals surface area contributed by atoms with Crippen molar-refractivity contribution in [2.45, 2.75) is 70.9 Å². The summed E-state index contributed by atoms with van der Waals surface area (Å²) in [6.45, 7) is 4.85. The molecule has 0 saturated heterocycles. The summed E-state index contributed by atoms with van der Waals surface area (Å²) in [5, 5.41) is 23.6. The van der Waals surface area contributed by atoms with Crippen LogP contribution in [0.2, 0.25) is 0 Å². The van der Waals surface area contributed by atoms with Crippen LogP contribution in [0, 0.1) is 5.82 Å². The number of hydrogen-bond donors (Lipinski definition) is 6. The topological polar surface area (TPSA) is 236 Å². The molecule has 0 bridgehead atoms. The molecule has 18 heteroatoms. The van der Waals surface area contributed by atoms with Crippen molar-refractivity contribution in [1.82, 2.24) is 30.8 Å². The van der Waals surface area contributed by atoms with E-state index in [-0.39, 0.29) is 48.3 Å². The van der Waals surface area contributed by atoms with Gasteiger partial charge in [0.05, 0.1) is 47.8 Å². The molecule has 0 saturated carbocycles. The van der Waals surface area contributed by atoms with E-state index in [4.69, 9.17) is 9.47 Å². The van der Waals surface area contributed by atoms with Gasteiger partial charge in [0.15, 0.2) is 5.60 Å². The van der Waals surface area contributed by atoms with Crippen LogP contribution < -0.4 is 32.1 Å². The lowest BCUT2D eigenvalue weighted by molar-refractivity contribution is -0.172. The van der Waals surface area contributed by atoms with Gasteiger partial charge >= 0.3 is 12.1 Å². The number of alkyl carbamates (subject to hydrolysis) is 1. The number of fused-ring (bicyclic) bond motifs is 5. The van der Waals surface area contributed by atoms with Crippen LogP contribution in [-0.2, 0) is 58.6 Å². The van der Waals surface area contributed by atoms with Crippen molar-refractivity contribution < 1.29 is 47.7 Å². The molecule has 17 nitrogen and oxygen atoms in total. The number of carbonyl (C=O) groups is 6. The van der Waals surface area contributed by atoms with Crippen LogP contribution in [0.3, 0.4) is 0 Å². The molecule has 2 aliphatic rings. The molecule has 4 aromatic rings. The summed E-state index contributed by atoms with van der Waals surface area (Å²) in [5.41, 5.74) is -0.864. The van der Waals surface area contributed by atoms with Gasteiger partial charge in [-0.15, -0.1) is 0 Å². The second-order valence-electron chi connectivity index (χ2n) is 14.8. The zero-order valence-electron chi connectivity index (χ0n) is 32.1. The minimum absolute atomic E-state index is 0.0198. The number of pyridine rings is 2. The first-order valence-corrected chi connectivity index (χ1v) is 18.4. The van der Waals surface area contributed by atoms with E-state index in [0.29, 0.717) is 27.9 Å². The molecular formula is C40H42FN7O10. The third-order valence-electron chi connectivity index (χ3n) is 9.47. The molecule has 0 fully saturated rings. The van der Waals surface area contributed by atoms with Gasteiger partial charge in [-0.3, -0.25) is 24.0 Å². The van der Waals surface area contributed by atoms with Gasteiger partial charge in [-0.25, -0.2) is 19.0 Å². The van der Waals surface area contributed by atoms with Gasteiger partial charge < -0.3 is 45.7 Å². The van der Waals surface area contributed by atoms with Gasteiger partial charge in [0.25, 0.3) is 5.56 Å². The number of ether oxygens (including phenoxy) is 2. The van der Waals surface area contributed by atoms with Gasteiger partial charge in [0.2, 0.25) is 23.6 Å². The first kappa shape index (κ1) is 41.0. The second kappa shape index (κ2) is 16.4. The highest BCUT2D eigenvalue weighted by atomic mass is 19.1. The Balaban J connectivity index is 1.10. The molecular weight excluding hydrogens is 757 g/mol. The first-order valence-electron chi connectivity index (χ1n) is 18.4. The predicted octanol–water partition coefficient (Wildman–Crippen LogP) is 1.64. The van der Waals surface area contributed by atoms with Crippen LogP contribution in [0.25, 0.3) is 22.3 Å². The summed E-state index contributed by atoms with van der Waals surface area (Å²) in [7, 11) is 0. The molecule has 0 radical (unpaired) electrons. The summed E-state index contributed by atoms with van der Waals surface area (Å²) in [5.74, 6) is -4.59. The van der Waals surface area contributed by atoms with E-state index < -0.39 is 83.9 Å². The number of cyclic esters (lactones) is 1. The lowest BCUT2D eigenvalue weighted by Crippen LogP contribution is -2.52. The third kappa shape index (κ3) is 8.96. The van der Waals surface area contributed by atoms with E-state index in [2.05, 4.69) is 31.6 Å². The van der Waals surface area contributed by atoms with E-state index in [0.717, 1.165) is 6.07 Å². The third-order valence-corrected chi connectivity index (χ3v) is 9.47. The molecule has 0 unspecified atom stereocenters. The zero-order valence-corrected chi connectivity index (χ0v) is 32.1. The molecule has 0 aliphatic carbocycles. The SMILES string of the molecule is CC[C@@]1(O)C(=O)OCc2c1cc1n(c2=O)Cc2cc3cc(NC(=O)CNC(=O)[C@H](Cc4ccccc4)NC(=O)CNC(=O)CNC(=O)OC(C)(C)C)c(F)cc3nc2-1. The van der Waals surface area contributed by atoms with Gasteiger partial charge in [-0.1, -0.05) is 37.3 Å². The number of rotatable bonds is 12. The standard InChI is InChI=1S/C40H42FN7O10/c1-5-40(56)25-14-30-34-23(19-48(30)36(53)24(25)20-57-37(40)54)12-22-13-28(26(41)15-27(22)47-34)45-33(51)18-43-35(52)29(11-21-9-7-6-8-10-21)46-32(50)17-42-31(49)16-44-38(55)58-39(2,3)4/h6-10,12-15,29,56H,5,11,16-20H2,1-4H3,(H,42,49)(H,43,52)(H,44,55)(H,45,51)(H,46,50)/t29-,40-/m0/s1. The Morgan fingerprint density at radius 2 is 1.67 bits per heavy atom. The van der Waals surface area contributed by atoms with Crippen molar-refractivity contribution in [3.63, 3.8) is 0 Å². The highest BCUT2D eigenvalue weighted by Crippen LogP contribution is 2.39. The minimum Gasteiger partial charge on any atom is -0.458 e. The summed E-state index contributed by atoms with van der Waals surface area (Å²) in [6.07, 6.45) is -0.796. The van der Waals surface area contributed by atoms with Gasteiger partial charge in [0.1, 0.15) is 30.6 Å². The molecule has 5 amide bonds. The maximum absolute atomic E-state index is 15.4. The average Bonchev–Trinajstić information content (AvgIpc) is 3.53.